The van der Waals surface area contributed by atoms with Crippen LogP contribution in [0.3, 0.4) is 0 Å². The van der Waals surface area contributed by atoms with Crippen LogP contribution in [0.25, 0.3) is 0 Å². The van der Waals surface area contributed by atoms with Gasteiger partial charge in [-0.05, 0) is 43.2 Å². The Morgan fingerprint density at radius 2 is 1.79 bits per heavy atom. The van der Waals surface area contributed by atoms with Gasteiger partial charge in [-0.1, -0.05) is 6.07 Å². The molecule has 4 N–H and O–H groups in total. The van der Waals surface area contributed by atoms with Gasteiger partial charge in [-0.2, -0.15) is 17.5 Å². The third-order valence-electron chi connectivity index (χ3n) is 4.88. The van der Waals surface area contributed by atoms with Gasteiger partial charge in [0.15, 0.2) is 0 Å². The molecule has 1 saturated heterocycles. The van der Waals surface area contributed by atoms with Crippen LogP contribution in [-0.2, 0) is 16.2 Å². The van der Waals surface area contributed by atoms with E-state index in [0.717, 1.165) is 18.2 Å². The fourth-order valence-electron chi connectivity index (χ4n) is 3.30. The number of sulfonamides is 1. The molecule has 0 saturated carbocycles. The summed E-state index contributed by atoms with van der Waals surface area (Å²) in [4.78, 5) is 15.0. The van der Waals surface area contributed by atoms with E-state index in [0.29, 0.717) is 24.6 Å². The van der Waals surface area contributed by atoms with Crippen molar-refractivity contribution in [2.24, 2.45) is 5.73 Å². The molecule has 0 spiro atoms. The van der Waals surface area contributed by atoms with Crippen molar-refractivity contribution in [3.05, 3.63) is 53.2 Å². The highest BCUT2D eigenvalue weighted by atomic mass is 32.2. The molecule has 0 aliphatic carbocycles. The molecule has 0 bridgehead atoms. The molecule has 1 aromatic carbocycles. The van der Waals surface area contributed by atoms with Crippen LogP contribution in [0.4, 0.5) is 19.0 Å². The topological polar surface area (TPSA) is 119 Å². The van der Waals surface area contributed by atoms with E-state index in [1.54, 1.807) is 6.07 Å². The summed E-state index contributed by atoms with van der Waals surface area (Å²) >= 11 is 0. The number of aromatic nitrogens is 1. The van der Waals surface area contributed by atoms with Gasteiger partial charge in [-0.25, -0.2) is 13.4 Å². The number of nitrogens with two attached hydrogens (primary N) is 2. The minimum atomic E-state index is -4.62. The van der Waals surface area contributed by atoms with Crippen LogP contribution >= 0.6 is 0 Å². The number of hydrogen-bond donors (Lipinski definition) is 2. The lowest BCUT2D eigenvalue weighted by Gasteiger charge is -2.31. The molecule has 11 heteroatoms. The maximum absolute atomic E-state index is 12.9. The average molecular weight is 428 g/mol. The summed E-state index contributed by atoms with van der Waals surface area (Å²) in [5.74, 6) is -0.773. The fraction of sp³-hybridized carbons (Fsp3) is 0.333. The van der Waals surface area contributed by atoms with Crippen LogP contribution in [0.1, 0.15) is 40.4 Å². The number of anilines is 1. The third kappa shape index (κ3) is 4.35. The number of halogens is 3. The molecular weight excluding hydrogens is 409 g/mol. The van der Waals surface area contributed by atoms with Crippen molar-refractivity contribution in [3.63, 3.8) is 0 Å². The normalized spacial score (nSPS) is 16.7. The van der Waals surface area contributed by atoms with Gasteiger partial charge < -0.3 is 11.5 Å². The van der Waals surface area contributed by atoms with Gasteiger partial charge in [0.05, 0.1) is 16.0 Å². The molecule has 156 valence electrons. The Bertz CT molecular complexity index is 1030. The first-order chi connectivity index (χ1) is 13.5. The lowest BCUT2D eigenvalue weighted by molar-refractivity contribution is -0.137. The van der Waals surface area contributed by atoms with Crippen molar-refractivity contribution >= 4 is 21.7 Å². The van der Waals surface area contributed by atoms with Crippen molar-refractivity contribution in [2.45, 2.75) is 29.8 Å². The summed E-state index contributed by atoms with van der Waals surface area (Å²) in [6.45, 7) is 0.255. The van der Waals surface area contributed by atoms with Crippen molar-refractivity contribution in [3.8, 4) is 0 Å². The summed E-state index contributed by atoms with van der Waals surface area (Å²) < 4.78 is 65.4. The summed E-state index contributed by atoms with van der Waals surface area (Å²) in [6, 6.07) is 6.81. The molecule has 29 heavy (non-hydrogen) atoms. The Hall–Kier alpha value is -2.66. The molecule has 1 fully saturated rings. The summed E-state index contributed by atoms with van der Waals surface area (Å²) in [5, 5.41) is 0. The molecule has 1 aliphatic rings. The molecule has 1 amide bonds. The highest BCUT2D eigenvalue weighted by molar-refractivity contribution is 7.89. The van der Waals surface area contributed by atoms with Crippen LogP contribution in [0.5, 0.6) is 0 Å². The average Bonchev–Trinajstić information content (AvgIpc) is 2.67. The summed E-state index contributed by atoms with van der Waals surface area (Å²) in [7, 11) is -4.05. The highest BCUT2D eigenvalue weighted by Crippen LogP contribution is 2.33. The molecule has 7 nitrogen and oxygen atoms in total. The maximum atomic E-state index is 12.9. The van der Waals surface area contributed by atoms with E-state index < -0.39 is 27.7 Å². The number of benzene rings is 1. The molecule has 2 aromatic rings. The van der Waals surface area contributed by atoms with Gasteiger partial charge in [0.2, 0.25) is 10.0 Å². The molecule has 2 heterocycles. The predicted octanol–water partition coefficient (Wildman–Crippen LogP) is 2.35. The van der Waals surface area contributed by atoms with Gasteiger partial charge in [0.25, 0.3) is 5.91 Å². The van der Waals surface area contributed by atoms with E-state index in [9.17, 15) is 26.4 Å². The van der Waals surface area contributed by atoms with Crippen molar-refractivity contribution in [1.29, 1.82) is 0 Å². The minimum Gasteiger partial charge on any atom is -0.383 e. The Morgan fingerprint density at radius 3 is 2.34 bits per heavy atom. The van der Waals surface area contributed by atoms with E-state index >= 15 is 0 Å². The second-order valence-corrected chi connectivity index (χ2v) is 8.68. The zero-order valence-corrected chi connectivity index (χ0v) is 16.0. The predicted molar refractivity (Wildman–Crippen MR) is 99.3 cm³/mol. The van der Waals surface area contributed by atoms with E-state index in [2.05, 4.69) is 4.98 Å². The number of nitrogens with zero attached hydrogens (tertiary/aromatic N) is 2. The van der Waals surface area contributed by atoms with Crippen LogP contribution in [0, 0.1) is 0 Å². The Labute approximate surface area is 165 Å². The molecule has 0 radical (unpaired) electrons. The van der Waals surface area contributed by atoms with Gasteiger partial charge in [0, 0.05) is 24.7 Å². The zero-order chi connectivity index (χ0) is 21.4. The smallest absolute Gasteiger partial charge is 0.383 e. The van der Waals surface area contributed by atoms with Crippen LogP contribution in [0.2, 0.25) is 0 Å². The molecule has 0 unspecified atom stereocenters. The molecule has 1 aromatic heterocycles. The largest absolute Gasteiger partial charge is 0.416 e. The first-order valence-electron chi connectivity index (χ1n) is 8.74. The number of hydrogen-bond acceptors (Lipinski definition) is 5. The molecule has 0 atom stereocenters. The quantitative estimate of drug-likeness (QED) is 0.775. The van der Waals surface area contributed by atoms with Crippen molar-refractivity contribution < 1.29 is 26.4 Å². The minimum absolute atomic E-state index is 0.00835. The Balaban J connectivity index is 1.75. The SMILES string of the molecule is NC(=O)c1ccc(C2CCN(S(=O)(=O)c3cccc(C(F)(F)F)c3)CC2)nc1N. The highest BCUT2D eigenvalue weighted by Gasteiger charge is 2.34. The van der Waals surface area contributed by atoms with Crippen molar-refractivity contribution in [2.75, 3.05) is 18.8 Å². The standard InChI is InChI=1S/C18H19F3N4O3S/c19-18(20,21)12-2-1-3-13(10-12)29(27,28)25-8-6-11(7-9-25)15-5-4-14(17(23)26)16(22)24-15/h1-5,10-11H,6-9H2,(H2,22,24)(H2,23,26). The van der Waals surface area contributed by atoms with E-state index in [1.165, 1.54) is 10.4 Å². The number of piperidine rings is 1. The van der Waals surface area contributed by atoms with Gasteiger partial charge in [-0.15, -0.1) is 0 Å². The molecule has 3 rings (SSSR count). The number of pyridine rings is 1. The lowest BCUT2D eigenvalue weighted by atomic mass is 9.94. The number of alkyl halides is 3. The number of carbonyl (C=O) groups excluding carboxylic acids is 1. The van der Waals surface area contributed by atoms with Gasteiger partial charge in [-0.3, -0.25) is 4.79 Å². The number of primary amides is 1. The number of nitrogen functional groups attached to an aromatic ring is 1. The van der Waals surface area contributed by atoms with Crippen LogP contribution in [-0.4, -0.2) is 36.7 Å². The monoisotopic (exact) mass is 428 g/mol. The maximum Gasteiger partial charge on any atom is 0.416 e. The Kier molecular flexibility index (Phi) is 5.54. The second kappa shape index (κ2) is 7.64. The summed E-state index contributed by atoms with van der Waals surface area (Å²) in [6.07, 6.45) is -3.79. The Morgan fingerprint density at radius 1 is 1.14 bits per heavy atom. The summed E-state index contributed by atoms with van der Waals surface area (Å²) in [5.41, 5.74) is 10.7. The van der Waals surface area contributed by atoms with Crippen LogP contribution in [0.15, 0.2) is 41.3 Å². The van der Waals surface area contributed by atoms with E-state index in [-0.39, 0.29) is 35.3 Å². The van der Waals surface area contributed by atoms with E-state index in [1.807, 2.05) is 0 Å². The fourth-order valence-corrected chi connectivity index (χ4v) is 4.82. The van der Waals surface area contributed by atoms with Crippen molar-refractivity contribution in [1.82, 2.24) is 9.29 Å². The number of rotatable bonds is 4. The van der Waals surface area contributed by atoms with Gasteiger partial charge in [0.1, 0.15) is 5.82 Å². The molecular formula is C18H19F3N4O3S. The van der Waals surface area contributed by atoms with E-state index in [4.69, 9.17) is 11.5 Å². The second-order valence-electron chi connectivity index (χ2n) is 6.74. The zero-order valence-electron chi connectivity index (χ0n) is 15.2. The van der Waals surface area contributed by atoms with Crippen LogP contribution < -0.4 is 11.5 Å². The first kappa shape index (κ1) is 21.1. The number of amides is 1. The first-order valence-corrected chi connectivity index (χ1v) is 10.2. The number of carbonyl (C=O) groups is 1. The molecule has 1 aliphatic heterocycles. The third-order valence-corrected chi connectivity index (χ3v) is 6.78. The van der Waals surface area contributed by atoms with Gasteiger partial charge >= 0.3 is 6.18 Å². The lowest BCUT2D eigenvalue weighted by Crippen LogP contribution is -2.38.